The van der Waals surface area contributed by atoms with Gasteiger partial charge >= 0.3 is 103 Å². The fourth-order valence-corrected chi connectivity index (χ4v) is 2.77. The van der Waals surface area contributed by atoms with Gasteiger partial charge in [0.25, 0.3) is 0 Å². The van der Waals surface area contributed by atoms with E-state index >= 15 is 0 Å². The van der Waals surface area contributed by atoms with Gasteiger partial charge in [-0.1, -0.05) is 84.5 Å². The maximum atomic E-state index is 10.2. The van der Waals surface area contributed by atoms with Crippen molar-refractivity contribution in [3.63, 3.8) is 0 Å². The van der Waals surface area contributed by atoms with Crippen LogP contribution in [0.4, 0.5) is 0 Å². The molecule has 23 heavy (non-hydrogen) atoms. The number of unbranched alkanes of at least 4 members (excludes halogenated alkanes) is 10. The van der Waals surface area contributed by atoms with Crippen molar-refractivity contribution in [3.8, 4) is 0 Å². The molecule has 0 aliphatic heterocycles. The predicted molar refractivity (Wildman–Crippen MR) is 83.8 cm³/mol. The van der Waals surface area contributed by atoms with Crippen LogP contribution in [-0.4, -0.2) is 6.61 Å². The van der Waals surface area contributed by atoms with Gasteiger partial charge in [0, 0.05) is 0 Å². The minimum atomic E-state index is -4.75. The smallest absolute Gasteiger partial charge is 0.790 e. The zero-order valence-electron chi connectivity index (χ0n) is 15.8. The molecule has 0 heterocycles. The van der Waals surface area contributed by atoms with Gasteiger partial charge in [-0.25, -0.2) is 0 Å². The maximum absolute atomic E-state index is 10.2. The molecule has 0 aromatic heterocycles. The molecule has 0 amide bonds. The van der Waals surface area contributed by atoms with Gasteiger partial charge in [0.05, 0.1) is 14.4 Å². The van der Waals surface area contributed by atoms with Crippen molar-refractivity contribution in [1.82, 2.24) is 0 Å². The van der Waals surface area contributed by atoms with Crippen LogP contribution in [0.3, 0.4) is 0 Å². The summed E-state index contributed by atoms with van der Waals surface area (Å²) >= 11 is 0. The fraction of sp³-hybridized carbons (Fsp3) is 1.00. The van der Waals surface area contributed by atoms with Crippen molar-refractivity contribution >= 4 is 7.82 Å². The van der Waals surface area contributed by atoms with Gasteiger partial charge in [-0.05, 0) is 12.3 Å². The second kappa shape index (κ2) is 21.7. The van der Waals surface area contributed by atoms with Crippen molar-refractivity contribution in [3.05, 3.63) is 0 Å². The summed E-state index contributed by atoms with van der Waals surface area (Å²) in [6, 6.07) is 0. The summed E-state index contributed by atoms with van der Waals surface area (Å²) < 4.78 is 14.4. The Morgan fingerprint density at radius 1 is 0.739 bits per heavy atom. The number of phosphoric ester groups is 1. The van der Waals surface area contributed by atoms with E-state index in [1.54, 1.807) is 0 Å². The molecular weight excluding hydrogens is 365 g/mol. The first-order valence-electron chi connectivity index (χ1n) is 8.58. The number of rotatable bonds is 15. The van der Waals surface area contributed by atoms with E-state index in [4.69, 9.17) is 0 Å². The maximum Gasteiger partial charge on any atom is 1.00 e. The molecule has 0 unspecified atom stereocenters. The van der Waals surface area contributed by atoms with Crippen LogP contribution in [0.2, 0.25) is 0 Å². The Morgan fingerprint density at radius 2 is 1.09 bits per heavy atom. The Hall–Kier alpha value is 3.38. The molecule has 0 rings (SSSR count). The zero-order chi connectivity index (χ0) is 16.0. The van der Waals surface area contributed by atoms with Crippen LogP contribution in [-0.2, 0) is 9.09 Å². The molecule has 0 saturated carbocycles. The average Bonchev–Trinajstić information content (AvgIpc) is 2.37. The molecule has 0 radical (unpaired) electrons. The summed E-state index contributed by atoms with van der Waals surface area (Å²) in [5, 5.41) is 0. The van der Waals surface area contributed by atoms with Crippen LogP contribution in [0, 0.1) is 5.92 Å². The molecule has 0 fully saturated rings. The first-order valence-corrected chi connectivity index (χ1v) is 10.0. The molecule has 128 valence electrons. The third kappa shape index (κ3) is 30.4. The summed E-state index contributed by atoms with van der Waals surface area (Å²) in [5.41, 5.74) is 0. The van der Waals surface area contributed by atoms with Gasteiger partial charge in [-0.3, -0.25) is 0 Å². The zero-order valence-corrected chi connectivity index (χ0v) is 23.0. The van der Waals surface area contributed by atoms with Crippen molar-refractivity contribution in [1.29, 1.82) is 0 Å². The van der Waals surface area contributed by atoms with E-state index in [0.717, 1.165) is 18.8 Å². The Kier molecular flexibility index (Phi) is 29.3. The Morgan fingerprint density at radius 3 is 1.43 bits per heavy atom. The first kappa shape index (κ1) is 31.1. The first-order chi connectivity index (χ1) is 9.92. The van der Waals surface area contributed by atoms with Gasteiger partial charge in [-0.15, -0.1) is 0 Å². The van der Waals surface area contributed by atoms with Crippen LogP contribution < -0.4 is 113 Å². The Labute approximate surface area is 228 Å². The quantitative estimate of drug-likeness (QED) is 0.185. The Bertz CT molecular complexity index is 273. The summed E-state index contributed by atoms with van der Waals surface area (Å²) in [5.74, 6) is 0.838. The van der Waals surface area contributed by atoms with Crippen molar-refractivity contribution < 1.29 is 122 Å². The van der Waals surface area contributed by atoms with Gasteiger partial charge in [0.15, 0.2) is 0 Å². The van der Waals surface area contributed by atoms with Crippen LogP contribution in [0.25, 0.3) is 0 Å². The second-order valence-corrected chi connectivity index (χ2v) is 7.50. The van der Waals surface area contributed by atoms with Crippen LogP contribution in [0.5, 0.6) is 0 Å². The molecular formula is C16H33K2O4P. The molecule has 0 aliphatic rings. The van der Waals surface area contributed by atoms with Crippen LogP contribution >= 0.6 is 7.82 Å². The topological polar surface area (TPSA) is 72.4 Å². The van der Waals surface area contributed by atoms with Gasteiger partial charge in [0.1, 0.15) is 0 Å². The van der Waals surface area contributed by atoms with Crippen LogP contribution in [0.1, 0.15) is 90.9 Å². The Balaban J connectivity index is -0.00000200. The minimum Gasteiger partial charge on any atom is -0.790 e. The molecule has 0 aromatic rings. The summed E-state index contributed by atoms with van der Waals surface area (Å²) in [6.45, 7) is 4.61. The van der Waals surface area contributed by atoms with Gasteiger partial charge in [-0.2, -0.15) is 0 Å². The number of hydrogen-bond donors (Lipinski definition) is 0. The summed E-state index contributed by atoms with van der Waals surface area (Å²) in [7, 11) is -4.75. The molecule has 0 aliphatic carbocycles. The van der Waals surface area contributed by atoms with E-state index in [2.05, 4.69) is 18.4 Å². The van der Waals surface area contributed by atoms with Crippen molar-refractivity contribution in [2.24, 2.45) is 5.92 Å². The molecule has 0 spiro atoms. The van der Waals surface area contributed by atoms with E-state index in [1.807, 2.05) is 0 Å². The molecule has 0 aromatic carbocycles. The monoisotopic (exact) mass is 398 g/mol. The van der Waals surface area contributed by atoms with Crippen molar-refractivity contribution in [2.75, 3.05) is 6.61 Å². The predicted octanol–water partition coefficient (Wildman–Crippen LogP) is -1.82. The largest absolute Gasteiger partial charge is 1.00 e. The third-order valence-electron chi connectivity index (χ3n) is 3.68. The van der Waals surface area contributed by atoms with Crippen molar-refractivity contribution in [2.45, 2.75) is 90.9 Å². The number of hydrogen-bond acceptors (Lipinski definition) is 4. The molecule has 0 saturated heterocycles. The summed E-state index contributed by atoms with van der Waals surface area (Å²) in [4.78, 5) is 20.4. The SMILES string of the molecule is CC(C)CCCCCCCCCCCCCOP(=O)([O-])[O-].[K+].[K+]. The normalized spacial score (nSPS) is 11.2. The van der Waals surface area contributed by atoms with E-state index in [-0.39, 0.29) is 109 Å². The number of phosphoric acid groups is 1. The second-order valence-electron chi connectivity index (χ2n) is 6.35. The van der Waals surface area contributed by atoms with E-state index in [9.17, 15) is 14.4 Å². The van der Waals surface area contributed by atoms with E-state index in [0.29, 0.717) is 6.42 Å². The molecule has 0 N–H and O–H groups in total. The molecule has 4 nitrogen and oxygen atoms in total. The minimum absolute atomic E-state index is 0. The third-order valence-corrected chi connectivity index (χ3v) is 4.17. The molecule has 0 bridgehead atoms. The standard InChI is InChI=1S/C16H35O4P.2K/c1-16(2)14-12-10-8-6-4-3-5-7-9-11-13-15-20-21(17,18)19;;/h16H,3-15H2,1-2H3,(H2,17,18,19);;/q;2*+1/p-2. The van der Waals surface area contributed by atoms with Gasteiger partial charge in [0.2, 0.25) is 0 Å². The molecule has 7 heteroatoms. The summed E-state index contributed by atoms with van der Waals surface area (Å²) in [6.07, 6.45) is 14.6. The van der Waals surface area contributed by atoms with Crippen LogP contribution in [0.15, 0.2) is 0 Å². The van der Waals surface area contributed by atoms with E-state index < -0.39 is 7.82 Å². The molecule has 0 atom stereocenters. The fourth-order valence-electron chi connectivity index (χ4n) is 2.42. The van der Waals surface area contributed by atoms with E-state index in [1.165, 1.54) is 57.8 Å². The average molecular weight is 399 g/mol. The van der Waals surface area contributed by atoms with Gasteiger partial charge < -0.3 is 18.9 Å².